The molecule has 0 fully saturated rings. The first-order valence-corrected chi connectivity index (χ1v) is 9.26. The molecule has 3 aromatic carbocycles. The Bertz CT molecular complexity index is 1080. The molecule has 0 saturated carbocycles. The summed E-state index contributed by atoms with van der Waals surface area (Å²) < 4.78 is 0. The number of hydrogen-bond acceptors (Lipinski definition) is 5. The molecule has 0 heterocycles. The normalized spacial score (nSPS) is 11.6. The molecule has 0 bridgehead atoms. The monoisotopic (exact) mass is 386 g/mol. The molecular weight excluding hydrogens is 364 g/mol. The third-order valence-corrected chi connectivity index (χ3v) is 4.74. The number of amides is 1. The molecular formula is C23H22N4O2. The summed E-state index contributed by atoms with van der Waals surface area (Å²) in [4.78, 5) is 24.8. The van der Waals surface area contributed by atoms with E-state index in [1.807, 2.05) is 36.4 Å². The molecule has 1 unspecified atom stereocenters. The smallest absolute Gasteiger partial charge is 0.252 e. The summed E-state index contributed by atoms with van der Waals surface area (Å²) in [5.74, 6) is -0.286. The van der Waals surface area contributed by atoms with E-state index in [-0.39, 0.29) is 18.2 Å². The van der Waals surface area contributed by atoms with Crippen molar-refractivity contribution in [3.63, 3.8) is 0 Å². The number of rotatable bonds is 7. The van der Waals surface area contributed by atoms with Gasteiger partial charge in [0, 0.05) is 12.1 Å². The van der Waals surface area contributed by atoms with Crippen molar-refractivity contribution in [3.05, 3.63) is 82.9 Å². The summed E-state index contributed by atoms with van der Waals surface area (Å²) in [7, 11) is 1.70. The highest BCUT2D eigenvalue weighted by atomic mass is 16.1. The third-order valence-electron chi connectivity index (χ3n) is 4.74. The number of benzene rings is 3. The van der Waals surface area contributed by atoms with E-state index < -0.39 is 6.04 Å². The quantitative estimate of drug-likeness (QED) is 0.578. The molecule has 0 saturated heterocycles. The van der Waals surface area contributed by atoms with Gasteiger partial charge in [0.05, 0.1) is 24.2 Å². The lowest BCUT2D eigenvalue weighted by Gasteiger charge is -2.13. The van der Waals surface area contributed by atoms with Gasteiger partial charge in [-0.3, -0.25) is 9.59 Å². The van der Waals surface area contributed by atoms with E-state index >= 15 is 0 Å². The van der Waals surface area contributed by atoms with E-state index in [9.17, 15) is 9.59 Å². The minimum atomic E-state index is -0.708. The van der Waals surface area contributed by atoms with Crippen molar-refractivity contribution >= 4 is 22.5 Å². The van der Waals surface area contributed by atoms with Gasteiger partial charge < -0.3 is 16.4 Å². The van der Waals surface area contributed by atoms with Gasteiger partial charge in [-0.2, -0.15) is 5.26 Å². The minimum absolute atomic E-state index is 0.0943. The van der Waals surface area contributed by atoms with Gasteiger partial charge in [-0.05, 0) is 53.2 Å². The number of carbonyl (C=O) groups excluding carboxylic acids is 2. The Morgan fingerprint density at radius 3 is 2.55 bits per heavy atom. The van der Waals surface area contributed by atoms with E-state index in [4.69, 9.17) is 11.0 Å². The summed E-state index contributed by atoms with van der Waals surface area (Å²) in [6.45, 7) is 0.569. The molecule has 0 aliphatic heterocycles. The largest absolute Gasteiger partial charge is 0.348 e. The Balaban J connectivity index is 1.79. The van der Waals surface area contributed by atoms with Crippen molar-refractivity contribution < 1.29 is 9.59 Å². The Hall–Kier alpha value is -3.53. The number of likely N-dealkylation sites (N-methyl/N-ethyl adjacent to an activating group) is 1. The number of fused-ring (bicyclic) bond motifs is 1. The molecule has 6 heteroatoms. The summed E-state index contributed by atoms with van der Waals surface area (Å²) in [5, 5.41) is 16.2. The van der Waals surface area contributed by atoms with E-state index in [0.29, 0.717) is 23.2 Å². The number of carbonyl (C=O) groups is 2. The summed E-state index contributed by atoms with van der Waals surface area (Å²) in [5.41, 5.74) is 8.82. The zero-order valence-electron chi connectivity index (χ0n) is 16.1. The number of hydrogen-bond donors (Lipinski definition) is 3. The number of nitriles is 1. The van der Waals surface area contributed by atoms with Gasteiger partial charge in [-0.15, -0.1) is 0 Å². The van der Waals surface area contributed by atoms with Gasteiger partial charge in [0.2, 0.25) is 0 Å². The Morgan fingerprint density at radius 2 is 1.86 bits per heavy atom. The van der Waals surface area contributed by atoms with Crippen LogP contribution in [0.2, 0.25) is 0 Å². The minimum Gasteiger partial charge on any atom is -0.348 e. The third kappa shape index (κ3) is 4.66. The van der Waals surface area contributed by atoms with Crippen LogP contribution in [-0.4, -0.2) is 25.3 Å². The van der Waals surface area contributed by atoms with Crippen molar-refractivity contribution in [2.45, 2.75) is 12.6 Å². The maximum Gasteiger partial charge on any atom is 0.252 e. The fourth-order valence-corrected chi connectivity index (χ4v) is 3.14. The first-order chi connectivity index (χ1) is 14.0. The molecule has 3 rings (SSSR count). The molecule has 6 nitrogen and oxygen atoms in total. The molecule has 1 atom stereocenters. The summed E-state index contributed by atoms with van der Waals surface area (Å²) in [6.07, 6.45) is 0. The van der Waals surface area contributed by atoms with Gasteiger partial charge in [-0.1, -0.05) is 36.4 Å². The number of Topliss-reactive ketones (excluding diaryl/α,β-unsaturated/α-hetero) is 1. The van der Waals surface area contributed by atoms with Crippen molar-refractivity contribution in [2.24, 2.45) is 5.73 Å². The first-order valence-electron chi connectivity index (χ1n) is 9.26. The lowest BCUT2D eigenvalue weighted by atomic mass is 9.97. The zero-order chi connectivity index (χ0) is 20.8. The topological polar surface area (TPSA) is 108 Å². The molecule has 0 spiro atoms. The van der Waals surface area contributed by atoms with Gasteiger partial charge in [0.15, 0.2) is 5.78 Å². The van der Waals surface area contributed by atoms with E-state index in [0.717, 1.165) is 16.3 Å². The van der Waals surface area contributed by atoms with Gasteiger partial charge >= 0.3 is 0 Å². The van der Waals surface area contributed by atoms with Crippen molar-refractivity contribution in [3.8, 4) is 6.07 Å². The Kier molecular flexibility index (Phi) is 6.35. The number of nitrogens with one attached hydrogen (secondary N) is 2. The number of ketones is 1. The van der Waals surface area contributed by atoms with Crippen LogP contribution in [0.25, 0.3) is 10.8 Å². The number of nitrogens with zero attached hydrogens (tertiary/aromatic N) is 1. The van der Waals surface area contributed by atoms with Crippen LogP contribution in [0.5, 0.6) is 0 Å². The predicted octanol–water partition coefficient (Wildman–Crippen LogP) is 2.43. The summed E-state index contributed by atoms with van der Waals surface area (Å²) in [6, 6.07) is 19.4. The van der Waals surface area contributed by atoms with Crippen LogP contribution >= 0.6 is 0 Å². The second kappa shape index (κ2) is 9.11. The predicted molar refractivity (Wildman–Crippen MR) is 112 cm³/mol. The second-order valence-electron chi connectivity index (χ2n) is 6.75. The fraction of sp³-hybridized carbons (Fsp3) is 0.174. The molecule has 29 heavy (non-hydrogen) atoms. The van der Waals surface area contributed by atoms with Crippen molar-refractivity contribution in [2.75, 3.05) is 13.6 Å². The Labute approximate surface area is 169 Å². The highest BCUT2D eigenvalue weighted by Gasteiger charge is 2.16. The van der Waals surface area contributed by atoms with Crippen molar-refractivity contribution in [1.29, 1.82) is 5.26 Å². The number of nitrogens with two attached hydrogens (primary N) is 1. The average molecular weight is 386 g/mol. The molecule has 146 valence electrons. The molecule has 4 N–H and O–H groups in total. The van der Waals surface area contributed by atoms with E-state index in [1.165, 1.54) is 0 Å². The SMILES string of the molecule is CNCC(=O)C(N)c1ccc2c(C(=O)NCc3ccc(C#N)cc3)cccc2c1. The van der Waals surface area contributed by atoms with Gasteiger partial charge in [0.1, 0.15) is 0 Å². The Morgan fingerprint density at radius 1 is 1.10 bits per heavy atom. The van der Waals surface area contributed by atoms with Crippen LogP contribution in [0.15, 0.2) is 60.7 Å². The van der Waals surface area contributed by atoms with Crippen LogP contribution < -0.4 is 16.4 Å². The molecule has 0 aromatic heterocycles. The molecule has 0 radical (unpaired) electrons. The lowest BCUT2D eigenvalue weighted by Crippen LogP contribution is -2.29. The molecule has 0 aliphatic carbocycles. The summed E-state index contributed by atoms with van der Waals surface area (Å²) >= 11 is 0. The molecule has 1 amide bonds. The van der Waals surface area contributed by atoms with Crippen LogP contribution in [-0.2, 0) is 11.3 Å². The van der Waals surface area contributed by atoms with Gasteiger partial charge in [0.25, 0.3) is 5.91 Å². The molecule has 0 aliphatic rings. The highest BCUT2D eigenvalue weighted by molar-refractivity contribution is 6.07. The van der Waals surface area contributed by atoms with E-state index in [1.54, 1.807) is 31.3 Å². The maximum atomic E-state index is 12.7. The average Bonchev–Trinajstić information content (AvgIpc) is 2.76. The van der Waals surface area contributed by atoms with E-state index in [2.05, 4.69) is 16.7 Å². The van der Waals surface area contributed by atoms with Crippen LogP contribution in [0.4, 0.5) is 0 Å². The van der Waals surface area contributed by atoms with Crippen LogP contribution in [0.3, 0.4) is 0 Å². The second-order valence-corrected chi connectivity index (χ2v) is 6.75. The zero-order valence-corrected chi connectivity index (χ0v) is 16.1. The highest BCUT2D eigenvalue weighted by Crippen LogP contribution is 2.23. The van der Waals surface area contributed by atoms with Crippen LogP contribution in [0.1, 0.15) is 33.1 Å². The first kappa shape index (κ1) is 20.2. The molecule has 3 aromatic rings. The standard InChI is InChI=1S/C23H22N4O2/c1-26-14-21(28)22(25)18-9-10-19-17(11-18)3-2-4-20(19)23(29)27-13-16-7-5-15(12-24)6-8-16/h2-11,22,26H,13-14,25H2,1H3,(H,27,29). The van der Waals surface area contributed by atoms with Crippen molar-refractivity contribution in [1.82, 2.24) is 10.6 Å². The van der Waals surface area contributed by atoms with Gasteiger partial charge in [-0.25, -0.2) is 0 Å². The van der Waals surface area contributed by atoms with Crippen LogP contribution in [0, 0.1) is 11.3 Å². The fourth-order valence-electron chi connectivity index (χ4n) is 3.14. The lowest BCUT2D eigenvalue weighted by molar-refractivity contribution is -0.119. The maximum absolute atomic E-state index is 12.7.